The monoisotopic (exact) mass is 413 g/mol. The highest BCUT2D eigenvalue weighted by Gasteiger charge is 2.23. The Morgan fingerprint density at radius 3 is 2.56 bits per heavy atom. The zero-order valence-electron chi connectivity index (χ0n) is 15.2. The summed E-state index contributed by atoms with van der Waals surface area (Å²) in [5.74, 6) is -0.789. The summed E-state index contributed by atoms with van der Waals surface area (Å²) in [6, 6.07) is 10.5. The first kappa shape index (κ1) is 21.3. The number of anilines is 1. The number of halogens is 2. The molecule has 1 atom stereocenters. The number of hydrogen-bond acceptors (Lipinski definition) is 3. The van der Waals surface area contributed by atoms with Crippen molar-refractivity contribution >= 4 is 33.4 Å². The minimum atomic E-state index is -3.90. The SMILES string of the molecule is CC(=O)Nc1cccc(C(C)NS(=O)(=O)N(C)Cc2c(F)cccc2Cl)c1. The third kappa shape index (κ3) is 5.74. The molecule has 0 saturated carbocycles. The van der Waals surface area contributed by atoms with Crippen LogP contribution in [0.1, 0.15) is 31.0 Å². The van der Waals surface area contributed by atoms with E-state index in [2.05, 4.69) is 10.0 Å². The third-order valence-electron chi connectivity index (χ3n) is 3.89. The molecule has 2 aromatic carbocycles. The van der Waals surface area contributed by atoms with E-state index in [0.29, 0.717) is 11.3 Å². The van der Waals surface area contributed by atoms with E-state index in [9.17, 15) is 17.6 Å². The van der Waals surface area contributed by atoms with Gasteiger partial charge in [-0.2, -0.15) is 17.4 Å². The molecule has 27 heavy (non-hydrogen) atoms. The molecular weight excluding hydrogens is 393 g/mol. The molecule has 0 spiro atoms. The lowest BCUT2D eigenvalue weighted by Gasteiger charge is -2.22. The fourth-order valence-electron chi connectivity index (χ4n) is 2.46. The fraction of sp³-hybridized carbons (Fsp3) is 0.278. The van der Waals surface area contributed by atoms with Gasteiger partial charge in [0.1, 0.15) is 5.82 Å². The van der Waals surface area contributed by atoms with E-state index >= 15 is 0 Å². The fourth-order valence-corrected chi connectivity index (χ4v) is 3.75. The van der Waals surface area contributed by atoms with Crippen LogP contribution in [0.5, 0.6) is 0 Å². The van der Waals surface area contributed by atoms with Crippen LogP contribution in [0.15, 0.2) is 42.5 Å². The topological polar surface area (TPSA) is 78.5 Å². The first-order valence-electron chi connectivity index (χ1n) is 8.14. The molecule has 146 valence electrons. The molecular formula is C18H21ClFN3O3S. The number of rotatable bonds is 7. The van der Waals surface area contributed by atoms with Gasteiger partial charge in [-0.1, -0.05) is 29.8 Å². The van der Waals surface area contributed by atoms with Gasteiger partial charge in [0, 0.05) is 42.8 Å². The average Bonchev–Trinajstić information content (AvgIpc) is 2.57. The van der Waals surface area contributed by atoms with Crippen molar-refractivity contribution in [1.82, 2.24) is 9.03 Å². The van der Waals surface area contributed by atoms with Gasteiger partial charge in [0.2, 0.25) is 5.91 Å². The number of nitrogens with one attached hydrogen (secondary N) is 2. The summed E-state index contributed by atoms with van der Waals surface area (Å²) in [5.41, 5.74) is 1.34. The molecule has 0 aromatic heterocycles. The van der Waals surface area contributed by atoms with Gasteiger partial charge in [-0.05, 0) is 36.8 Å². The van der Waals surface area contributed by atoms with Crippen LogP contribution >= 0.6 is 11.6 Å². The van der Waals surface area contributed by atoms with Crippen LogP contribution in [0.2, 0.25) is 5.02 Å². The summed E-state index contributed by atoms with van der Waals surface area (Å²) in [4.78, 5) is 11.2. The number of carbonyl (C=O) groups is 1. The molecule has 0 saturated heterocycles. The van der Waals surface area contributed by atoms with Gasteiger partial charge in [0.05, 0.1) is 0 Å². The van der Waals surface area contributed by atoms with E-state index < -0.39 is 22.1 Å². The second-order valence-electron chi connectivity index (χ2n) is 6.11. The van der Waals surface area contributed by atoms with Crippen molar-refractivity contribution in [1.29, 1.82) is 0 Å². The van der Waals surface area contributed by atoms with Gasteiger partial charge in [-0.15, -0.1) is 0 Å². The van der Waals surface area contributed by atoms with Crippen LogP contribution in [-0.4, -0.2) is 25.7 Å². The van der Waals surface area contributed by atoms with Crippen LogP contribution < -0.4 is 10.0 Å². The number of nitrogens with zero attached hydrogens (tertiary/aromatic N) is 1. The van der Waals surface area contributed by atoms with Crippen LogP contribution in [0.3, 0.4) is 0 Å². The first-order valence-corrected chi connectivity index (χ1v) is 9.96. The smallest absolute Gasteiger partial charge is 0.280 e. The van der Waals surface area contributed by atoms with Crippen molar-refractivity contribution in [3.8, 4) is 0 Å². The number of amides is 1. The van der Waals surface area contributed by atoms with Crippen molar-refractivity contribution < 1.29 is 17.6 Å². The van der Waals surface area contributed by atoms with Gasteiger partial charge in [0.25, 0.3) is 10.2 Å². The molecule has 0 fully saturated rings. The van der Waals surface area contributed by atoms with Gasteiger partial charge in [0.15, 0.2) is 0 Å². The Hall–Kier alpha value is -2.00. The molecule has 1 amide bonds. The highest BCUT2D eigenvalue weighted by Crippen LogP contribution is 2.22. The summed E-state index contributed by atoms with van der Waals surface area (Å²) >= 11 is 5.97. The summed E-state index contributed by atoms with van der Waals surface area (Å²) < 4.78 is 42.6. The Labute approximate surface area is 163 Å². The van der Waals surface area contributed by atoms with Gasteiger partial charge >= 0.3 is 0 Å². The van der Waals surface area contributed by atoms with E-state index in [1.807, 2.05) is 0 Å². The van der Waals surface area contributed by atoms with Crippen LogP contribution in [0.25, 0.3) is 0 Å². The summed E-state index contributed by atoms with van der Waals surface area (Å²) in [6.07, 6.45) is 0. The second-order valence-corrected chi connectivity index (χ2v) is 8.32. The minimum Gasteiger partial charge on any atom is -0.326 e. The molecule has 0 aliphatic rings. The Kier molecular flexibility index (Phi) is 6.94. The third-order valence-corrected chi connectivity index (χ3v) is 5.84. The molecule has 9 heteroatoms. The largest absolute Gasteiger partial charge is 0.326 e. The zero-order chi connectivity index (χ0) is 20.2. The van der Waals surface area contributed by atoms with Crippen molar-refractivity contribution in [2.24, 2.45) is 0 Å². The Balaban J connectivity index is 2.14. The number of benzene rings is 2. The molecule has 0 heterocycles. The Morgan fingerprint density at radius 2 is 1.93 bits per heavy atom. The molecule has 2 rings (SSSR count). The van der Waals surface area contributed by atoms with Gasteiger partial charge in [-0.3, -0.25) is 4.79 Å². The lowest BCUT2D eigenvalue weighted by atomic mass is 10.1. The Morgan fingerprint density at radius 1 is 1.26 bits per heavy atom. The van der Waals surface area contributed by atoms with E-state index in [4.69, 9.17) is 11.6 Å². The van der Waals surface area contributed by atoms with Crippen LogP contribution in [0.4, 0.5) is 10.1 Å². The average molecular weight is 414 g/mol. The molecule has 0 bridgehead atoms. The molecule has 0 radical (unpaired) electrons. The normalized spacial score (nSPS) is 12.8. The quantitative estimate of drug-likeness (QED) is 0.729. The van der Waals surface area contributed by atoms with Gasteiger partial charge in [-0.25, -0.2) is 4.39 Å². The lowest BCUT2D eigenvalue weighted by molar-refractivity contribution is -0.114. The lowest BCUT2D eigenvalue weighted by Crippen LogP contribution is -2.39. The molecule has 0 aliphatic heterocycles. The molecule has 0 aliphatic carbocycles. The predicted octanol–water partition coefficient (Wildman–Crippen LogP) is 3.46. The van der Waals surface area contributed by atoms with Crippen LogP contribution in [0, 0.1) is 5.82 Å². The minimum absolute atomic E-state index is 0.104. The van der Waals surface area contributed by atoms with Gasteiger partial charge < -0.3 is 5.32 Å². The molecule has 6 nitrogen and oxygen atoms in total. The number of carbonyl (C=O) groups excluding carboxylic acids is 1. The highest BCUT2D eigenvalue weighted by atomic mass is 35.5. The highest BCUT2D eigenvalue weighted by molar-refractivity contribution is 7.87. The summed E-state index contributed by atoms with van der Waals surface area (Å²) in [7, 11) is -2.57. The van der Waals surface area contributed by atoms with Crippen molar-refractivity contribution in [3.63, 3.8) is 0 Å². The molecule has 2 aromatic rings. The van der Waals surface area contributed by atoms with E-state index in [0.717, 1.165) is 4.31 Å². The van der Waals surface area contributed by atoms with E-state index in [1.165, 1.54) is 32.2 Å². The zero-order valence-corrected chi connectivity index (χ0v) is 16.7. The summed E-state index contributed by atoms with van der Waals surface area (Å²) in [6.45, 7) is 2.86. The maximum absolute atomic E-state index is 13.9. The van der Waals surface area contributed by atoms with Crippen molar-refractivity contribution in [2.45, 2.75) is 26.4 Å². The van der Waals surface area contributed by atoms with Crippen molar-refractivity contribution in [2.75, 3.05) is 12.4 Å². The van der Waals surface area contributed by atoms with E-state index in [-0.39, 0.29) is 23.0 Å². The predicted molar refractivity (Wildman–Crippen MR) is 104 cm³/mol. The summed E-state index contributed by atoms with van der Waals surface area (Å²) in [5, 5.41) is 2.81. The maximum Gasteiger partial charge on any atom is 0.280 e. The van der Waals surface area contributed by atoms with E-state index in [1.54, 1.807) is 31.2 Å². The molecule has 2 N–H and O–H groups in total. The number of hydrogen-bond donors (Lipinski definition) is 2. The molecule has 1 unspecified atom stereocenters. The Bertz CT molecular complexity index is 917. The van der Waals surface area contributed by atoms with Crippen molar-refractivity contribution in [3.05, 3.63) is 64.4 Å². The second kappa shape index (κ2) is 8.79. The van der Waals surface area contributed by atoms with Crippen LogP contribution in [-0.2, 0) is 21.5 Å². The maximum atomic E-state index is 13.9. The first-order chi connectivity index (χ1) is 12.6. The standard InChI is InChI=1S/C18H21ClFN3O3S/c1-12(14-6-4-7-15(10-14)21-13(2)24)22-27(25,26)23(3)11-16-17(19)8-5-9-18(16)20/h4-10,12,22H,11H2,1-3H3,(H,21,24).